The van der Waals surface area contributed by atoms with E-state index in [1.54, 1.807) is 18.2 Å². The SMILES string of the molecule is Cc1ccccc1NC(=O)c1c(-c2ccco2)n(Cc2ccc(Cl)cc2)c(C)cc1=O. The molecule has 4 aromatic rings. The highest BCUT2D eigenvalue weighted by Crippen LogP contribution is 2.26. The quantitative estimate of drug-likeness (QED) is 0.441. The number of para-hydroxylation sites is 1. The fourth-order valence-electron chi connectivity index (χ4n) is 3.53. The van der Waals surface area contributed by atoms with Crippen LogP contribution in [0.3, 0.4) is 0 Å². The predicted octanol–water partition coefficient (Wildman–Crippen LogP) is 5.68. The van der Waals surface area contributed by atoms with Gasteiger partial charge in [0.25, 0.3) is 5.91 Å². The largest absolute Gasteiger partial charge is 0.463 e. The second-order valence-electron chi connectivity index (χ2n) is 7.33. The molecule has 0 saturated heterocycles. The fraction of sp³-hybridized carbons (Fsp3) is 0.120. The van der Waals surface area contributed by atoms with Gasteiger partial charge in [-0.2, -0.15) is 0 Å². The molecule has 0 atom stereocenters. The second kappa shape index (κ2) is 8.66. The number of aryl methyl sites for hydroxylation is 2. The summed E-state index contributed by atoms with van der Waals surface area (Å²) in [7, 11) is 0. The summed E-state index contributed by atoms with van der Waals surface area (Å²) < 4.78 is 7.54. The summed E-state index contributed by atoms with van der Waals surface area (Å²) in [6.07, 6.45) is 1.53. The Hall–Kier alpha value is -3.57. The van der Waals surface area contributed by atoms with E-state index in [1.807, 2.05) is 60.9 Å². The summed E-state index contributed by atoms with van der Waals surface area (Å²) in [5.41, 5.74) is 3.38. The van der Waals surface area contributed by atoms with E-state index in [1.165, 1.54) is 12.3 Å². The van der Waals surface area contributed by atoms with Gasteiger partial charge in [0.05, 0.1) is 6.26 Å². The molecule has 1 amide bonds. The van der Waals surface area contributed by atoms with E-state index in [0.29, 0.717) is 28.7 Å². The molecular weight excluding hydrogens is 412 g/mol. The first-order valence-corrected chi connectivity index (χ1v) is 10.2. The number of pyridine rings is 1. The van der Waals surface area contributed by atoms with Crippen LogP contribution < -0.4 is 10.7 Å². The van der Waals surface area contributed by atoms with Gasteiger partial charge < -0.3 is 14.3 Å². The fourth-order valence-corrected chi connectivity index (χ4v) is 3.66. The number of hydrogen-bond acceptors (Lipinski definition) is 3. The Kier molecular flexibility index (Phi) is 5.78. The van der Waals surface area contributed by atoms with Gasteiger partial charge in [-0.25, -0.2) is 0 Å². The number of halogens is 1. The third-order valence-electron chi connectivity index (χ3n) is 5.15. The van der Waals surface area contributed by atoms with Gasteiger partial charge in [-0.1, -0.05) is 41.9 Å². The minimum Gasteiger partial charge on any atom is -0.463 e. The van der Waals surface area contributed by atoms with Crippen molar-refractivity contribution in [3.05, 3.63) is 111 Å². The zero-order valence-corrected chi connectivity index (χ0v) is 17.9. The number of carbonyl (C=O) groups excluding carboxylic acids is 1. The summed E-state index contributed by atoms with van der Waals surface area (Å²) in [6.45, 7) is 4.19. The van der Waals surface area contributed by atoms with Crippen molar-refractivity contribution < 1.29 is 9.21 Å². The lowest BCUT2D eigenvalue weighted by Gasteiger charge is -2.19. The molecule has 2 aromatic carbocycles. The van der Waals surface area contributed by atoms with Crippen LogP contribution in [0.1, 0.15) is 27.2 Å². The van der Waals surface area contributed by atoms with Gasteiger partial charge in [-0.3, -0.25) is 9.59 Å². The summed E-state index contributed by atoms with van der Waals surface area (Å²) in [5.74, 6) is -0.0275. The molecule has 4 rings (SSSR count). The first-order valence-electron chi connectivity index (χ1n) is 9.84. The number of anilines is 1. The molecule has 5 nitrogen and oxygen atoms in total. The first-order chi connectivity index (χ1) is 14.9. The van der Waals surface area contributed by atoms with Crippen LogP contribution in [0.15, 0.2) is 82.2 Å². The van der Waals surface area contributed by atoms with Gasteiger partial charge in [-0.15, -0.1) is 0 Å². The maximum absolute atomic E-state index is 13.3. The summed E-state index contributed by atoms with van der Waals surface area (Å²) in [5, 5.41) is 3.52. The molecule has 2 heterocycles. The molecule has 0 saturated carbocycles. The number of furan rings is 1. The zero-order valence-electron chi connectivity index (χ0n) is 17.2. The van der Waals surface area contributed by atoms with Crippen LogP contribution >= 0.6 is 11.6 Å². The lowest BCUT2D eigenvalue weighted by molar-refractivity contribution is 0.102. The molecule has 0 bridgehead atoms. The monoisotopic (exact) mass is 432 g/mol. The van der Waals surface area contributed by atoms with E-state index in [2.05, 4.69) is 5.32 Å². The van der Waals surface area contributed by atoms with E-state index in [4.69, 9.17) is 16.0 Å². The minimum absolute atomic E-state index is 0.0396. The van der Waals surface area contributed by atoms with E-state index >= 15 is 0 Å². The second-order valence-corrected chi connectivity index (χ2v) is 7.77. The number of aromatic nitrogens is 1. The molecule has 31 heavy (non-hydrogen) atoms. The molecule has 6 heteroatoms. The Labute approximate surface area is 184 Å². The van der Waals surface area contributed by atoms with Crippen LogP contribution in [0.25, 0.3) is 11.5 Å². The minimum atomic E-state index is -0.476. The van der Waals surface area contributed by atoms with Gasteiger partial charge in [0, 0.05) is 29.0 Å². The molecule has 0 aliphatic carbocycles. The number of benzene rings is 2. The molecule has 0 radical (unpaired) electrons. The Morgan fingerprint density at radius 2 is 1.77 bits per heavy atom. The topological polar surface area (TPSA) is 64.2 Å². The standard InChI is InChI=1S/C25H21ClN2O3/c1-16-6-3-4-7-20(16)27-25(30)23-21(29)14-17(2)28(24(23)22-8-5-13-31-22)15-18-9-11-19(26)12-10-18/h3-14H,15H2,1-2H3,(H,27,30). The number of nitrogens with one attached hydrogen (secondary N) is 1. The lowest BCUT2D eigenvalue weighted by atomic mass is 10.1. The molecular formula is C25H21ClN2O3. The summed E-state index contributed by atoms with van der Waals surface area (Å²) >= 11 is 6.02. The molecule has 0 fully saturated rings. The number of amides is 1. The molecule has 2 aromatic heterocycles. The average molecular weight is 433 g/mol. The Bertz CT molecular complexity index is 1290. The Balaban J connectivity index is 1.86. The van der Waals surface area contributed by atoms with Crippen LogP contribution in [0.5, 0.6) is 0 Å². The average Bonchev–Trinajstić information content (AvgIpc) is 3.27. The molecule has 0 aliphatic heterocycles. The number of carbonyl (C=O) groups is 1. The smallest absolute Gasteiger partial charge is 0.261 e. The predicted molar refractivity (Wildman–Crippen MR) is 123 cm³/mol. The van der Waals surface area contributed by atoms with Crippen molar-refractivity contribution >= 4 is 23.2 Å². The van der Waals surface area contributed by atoms with Crippen LogP contribution in [-0.4, -0.2) is 10.5 Å². The highest BCUT2D eigenvalue weighted by atomic mass is 35.5. The Morgan fingerprint density at radius 3 is 2.45 bits per heavy atom. The zero-order chi connectivity index (χ0) is 22.0. The maximum atomic E-state index is 13.3. The van der Waals surface area contributed by atoms with E-state index in [-0.39, 0.29) is 11.0 Å². The van der Waals surface area contributed by atoms with Gasteiger partial charge in [-0.05, 0) is 55.3 Å². The van der Waals surface area contributed by atoms with Gasteiger partial charge in [0.2, 0.25) is 0 Å². The van der Waals surface area contributed by atoms with Crippen molar-refractivity contribution in [3.63, 3.8) is 0 Å². The normalized spacial score (nSPS) is 10.8. The van der Waals surface area contributed by atoms with Crippen LogP contribution in [0.4, 0.5) is 5.69 Å². The molecule has 0 aliphatic rings. The van der Waals surface area contributed by atoms with Crippen molar-refractivity contribution in [2.24, 2.45) is 0 Å². The van der Waals surface area contributed by atoms with E-state index in [9.17, 15) is 9.59 Å². The highest BCUT2D eigenvalue weighted by molar-refractivity contribution is 6.30. The van der Waals surface area contributed by atoms with Crippen molar-refractivity contribution in [2.45, 2.75) is 20.4 Å². The van der Waals surface area contributed by atoms with Crippen molar-refractivity contribution in [1.82, 2.24) is 4.57 Å². The van der Waals surface area contributed by atoms with Crippen LogP contribution in [0, 0.1) is 13.8 Å². The summed E-state index contributed by atoms with van der Waals surface area (Å²) in [4.78, 5) is 26.3. The van der Waals surface area contributed by atoms with Gasteiger partial charge in [0.15, 0.2) is 11.2 Å². The van der Waals surface area contributed by atoms with E-state index < -0.39 is 5.91 Å². The van der Waals surface area contributed by atoms with Crippen molar-refractivity contribution in [2.75, 3.05) is 5.32 Å². The Morgan fingerprint density at radius 1 is 1.03 bits per heavy atom. The molecule has 0 spiro atoms. The molecule has 1 N–H and O–H groups in total. The third-order valence-corrected chi connectivity index (χ3v) is 5.40. The van der Waals surface area contributed by atoms with Crippen molar-refractivity contribution in [3.8, 4) is 11.5 Å². The number of hydrogen-bond donors (Lipinski definition) is 1. The lowest BCUT2D eigenvalue weighted by Crippen LogP contribution is -2.27. The maximum Gasteiger partial charge on any atom is 0.261 e. The third kappa shape index (κ3) is 4.32. The first kappa shape index (κ1) is 20.7. The highest BCUT2D eigenvalue weighted by Gasteiger charge is 2.24. The number of nitrogens with zero attached hydrogens (tertiary/aromatic N) is 1. The van der Waals surface area contributed by atoms with Crippen molar-refractivity contribution in [1.29, 1.82) is 0 Å². The van der Waals surface area contributed by atoms with Gasteiger partial charge in [0.1, 0.15) is 11.3 Å². The molecule has 0 unspecified atom stereocenters. The number of rotatable bonds is 5. The van der Waals surface area contributed by atoms with Crippen LogP contribution in [0.2, 0.25) is 5.02 Å². The van der Waals surface area contributed by atoms with Gasteiger partial charge >= 0.3 is 0 Å². The van der Waals surface area contributed by atoms with Crippen LogP contribution in [-0.2, 0) is 6.54 Å². The molecule has 156 valence electrons. The summed E-state index contributed by atoms with van der Waals surface area (Å²) in [6, 6.07) is 19.9. The van der Waals surface area contributed by atoms with E-state index in [0.717, 1.165) is 16.8 Å².